The first-order chi connectivity index (χ1) is 20.0. The highest BCUT2D eigenvalue weighted by atomic mass is 35.5. The van der Waals surface area contributed by atoms with E-state index in [2.05, 4.69) is 33.3 Å². The van der Waals surface area contributed by atoms with Crippen molar-refractivity contribution in [3.05, 3.63) is 71.4 Å². The third kappa shape index (κ3) is 5.50. The van der Waals surface area contributed by atoms with E-state index in [0.29, 0.717) is 33.7 Å². The predicted octanol–water partition coefficient (Wildman–Crippen LogP) is 4.50. The van der Waals surface area contributed by atoms with E-state index < -0.39 is 5.60 Å². The molecule has 0 spiro atoms. The highest BCUT2D eigenvalue weighted by molar-refractivity contribution is 6.33. The second-order valence-corrected chi connectivity index (χ2v) is 12.6. The zero-order valence-corrected chi connectivity index (χ0v) is 24.5. The molecule has 11 heteroatoms. The zero-order valence-electron chi connectivity index (χ0n) is 23.7. The van der Waals surface area contributed by atoms with Gasteiger partial charge in [-0.1, -0.05) is 11.6 Å². The average Bonchev–Trinajstić information content (AvgIpc) is 3.62. The molecule has 10 nitrogen and oxygen atoms in total. The van der Waals surface area contributed by atoms with Crippen LogP contribution in [0.2, 0.25) is 5.02 Å². The van der Waals surface area contributed by atoms with E-state index in [1.807, 2.05) is 24.4 Å². The number of rotatable bonds is 7. The standard InChI is InChI=1S/C31H32ClN7O3/c1-30(2,41)18-42-23-9-24(28-22(12-33)14-36-39(28)17-23)19-6-7-26(35-13-19)38-15-20-10-31(3,11-21(20)16-38)37-29(40)27-25(32)5-4-8-34-27/h4-9,13-14,17,20-21,41H,10-11,15-16,18H2,1-3H3,(H,37,40)/t20-,21+,31-. The van der Waals surface area contributed by atoms with Crippen molar-refractivity contribution >= 4 is 28.8 Å². The van der Waals surface area contributed by atoms with Crippen LogP contribution >= 0.6 is 11.6 Å². The number of amides is 1. The smallest absolute Gasteiger partial charge is 0.271 e. The molecular formula is C31H32ClN7O3. The van der Waals surface area contributed by atoms with E-state index in [9.17, 15) is 15.2 Å². The summed E-state index contributed by atoms with van der Waals surface area (Å²) in [5.41, 5.74) is 1.68. The first-order valence-corrected chi connectivity index (χ1v) is 14.3. The molecule has 5 heterocycles. The lowest BCUT2D eigenvalue weighted by Gasteiger charge is -2.28. The van der Waals surface area contributed by atoms with Crippen LogP contribution in [0.25, 0.3) is 16.6 Å². The van der Waals surface area contributed by atoms with Gasteiger partial charge in [0.1, 0.15) is 29.9 Å². The summed E-state index contributed by atoms with van der Waals surface area (Å²) in [5, 5.41) is 27.7. The Morgan fingerprint density at radius 2 is 2.00 bits per heavy atom. The third-order valence-corrected chi connectivity index (χ3v) is 8.38. The van der Waals surface area contributed by atoms with Crippen LogP contribution in [0.15, 0.2) is 55.1 Å². The van der Waals surface area contributed by atoms with Crippen LogP contribution < -0.4 is 15.0 Å². The molecule has 4 aromatic rings. The fraction of sp³-hybridized carbons (Fsp3) is 0.387. The monoisotopic (exact) mass is 585 g/mol. The number of fused-ring (bicyclic) bond motifs is 2. The van der Waals surface area contributed by atoms with Gasteiger partial charge in [0.15, 0.2) is 0 Å². The van der Waals surface area contributed by atoms with Gasteiger partial charge in [0.25, 0.3) is 5.91 Å². The van der Waals surface area contributed by atoms with Crippen molar-refractivity contribution in [1.29, 1.82) is 5.26 Å². The Morgan fingerprint density at radius 1 is 1.24 bits per heavy atom. The van der Waals surface area contributed by atoms with Crippen LogP contribution in [0.1, 0.15) is 49.7 Å². The number of aromatic nitrogens is 4. The molecule has 1 amide bonds. The molecule has 1 aliphatic heterocycles. The highest BCUT2D eigenvalue weighted by Gasteiger charge is 2.47. The first kappa shape index (κ1) is 27.9. The number of halogens is 1. The maximum Gasteiger partial charge on any atom is 0.271 e. The number of nitrogens with zero attached hydrogens (tertiary/aromatic N) is 6. The van der Waals surface area contributed by atoms with Crippen LogP contribution in [-0.2, 0) is 0 Å². The highest BCUT2D eigenvalue weighted by Crippen LogP contribution is 2.45. The quantitative estimate of drug-likeness (QED) is 0.324. The van der Waals surface area contributed by atoms with Crippen LogP contribution in [-0.4, -0.2) is 61.4 Å². The van der Waals surface area contributed by atoms with Crippen molar-refractivity contribution in [1.82, 2.24) is 24.9 Å². The van der Waals surface area contributed by atoms with E-state index in [-0.39, 0.29) is 23.7 Å². The average molecular weight is 586 g/mol. The minimum Gasteiger partial charge on any atom is -0.489 e. The van der Waals surface area contributed by atoms with Gasteiger partial charge in [-0.05, 0) is 75.8 Å². The Morgan fingerprint density at radius 3 is 2.64 bits per heavy atom. The van der Waals surface area contributed by atoms with Crippen molar-refractivity contribution in [3.63, 3.8) is 0 Å². The molecule has 1 aliphatic carbocycles. The molecule has 0 bridgehead atoms. The molecule has 1 saturated heterocycles. The fourth-order valence-electron chi connectivity index (χ4n) is 6.29. The molecule has 42 heavy (non-hydrogen) atoms. The molecular weight excluding hydrogens is 554 g/mol. The van der Waals surface area contributed by atoms with E-state index in [4.69, 9.17) is 21.3 Å². The van der Waals surface area contributed by atoms with Crippen LogP contribution in [0.3, 0.4) is 0 Å². The largest absolute Gasteiger partial charge is 0.489 e. The molecule has 2 aliphatic rings. The van der Waals surface area contributed by atoms with Crippen molar-refractivity contribution in [2.45, 2.75) is 44.8 Å². The number of aliphatic hydroxyl groups is 1. The van der Waals surface area contributed by atoms with Gasteiger partial charge < -0.3 is 20.1 Å². The van der Waals surface area contributed by atoms with E-state index in [0.717, 1.165) is 42.9 Å². The number of nitriles is 1. The molecule has 4 aromatic heterocycles. The summed E-state index contributed by atoms with van der Waals surface area (Å²) in [4.78, 5) is 24.1. The normalized spacial score (nSPS) is 21.8. The van der Waals surface area contributed by atoms with Crippen molar-refractivity contribution < 1.29 is 14.6 Å². The first-order valence-electron chi connectivity index (χ1n) is 13.9. The molecule has 2 fully saturated rings. The lowest BCUT2D eigenvalue weighted by atomic mass is 9.97. The molecule has 1 saturated carbocycles. The van der Waals surface area contributed by atoms with Crippen LogP contribution in [0.4, 0.5) is 5.82 Å². The number of nitrogens with one attached hydrogen (secondary N) is 1. The SMILES string of the molecule is CC(C)(O)COc1cc(-c2ccc(N3C[C@@H]4C[C@](C)(NC(=O)c5ncccc5Cl)C[C@@H]4C3)nc2)c2c(C#N)cnn2c1. The third-order valence-electron chi connectivity index (χ3n) is 8.07. The molecule has 0 aromatic carbocycles. The Hall–Kier alpha value is -4.20. The molecule has 0 radical (unpaired) electrons. The van der Waals surface area contributed by atoms with Crippen molar-refractivity contribution in [2.24, 2.45) is 11.8 Å². The fourth-order valence-corrected chi connectivity index (χ4v) is 6.49. The maximum atomic E-state index is 12.9. The second-order valence-electron chi connectivity index (χ2n) is 12.2. The topological polar surface area (TPSA) is 129 Å². The lowest BCUT2D eigenvalue weighted by molar-refractivity contribution is 0.0283. The molecule has 0 unspecified atom stereocenters. The van der Waals surface area contributed by atoms with Gasteiger partial charge in [0.2, 0.25) is 0 Å². The molecule has 216 valence electrons. The summed E-state index contributed by atoms with van der Waals surface area (Å²) in [6.45, 7) is 7.29. The number of hydrogen-bond acceptors (Lipinski definition) is 8. The number of carbonyl (C=O) groups is 1. The Balaban J connectivity index is 1.17. The second kappa shape index (κ2) is 10.6. The predicted molar refractivity (Wildman–Crippen MR) is 158 cm³/mol. The van der Waals surface area contributed by atoms with Gasteiger partial charge in [0.05, 0.1) is 34.1 Å². The van der Waals surface area contributed by atoms with Gasteiger partial charge >= 0.3 is 0 Å². The molecule has 2 N–H and O–H groups in total. The summed E-state index contributed by atoms with van der Waals surface area (Å²) in [7, 11) is 0. The molecule has 6 rings (SSSR count). The Kier molecular flexibility index (Phi) is 7.03. The van der Waals surface area contributed by atoms with Crippen LogP contribution in [0.5, 0.6) is 5.75 Å². The zero-order chi connectivity index (χ0) is 29.6. The van der Waals surface area contributed by atoms with Gasteiger partial charge in [-0.15, -0.1) is 0 Å². The number of ether oxygens (including phenoxy) is 1. The minimum atomic E-state index is -0.996. The maximum absolute atomic E-state index is 12.9. The van der Waals surface area contributed by atoms with Gasteiger partial charge in [-0.25, -0.2) is 14.5 Å². The van der Waals surface area contributed by atoms with Crippen molar-refractivity contribution in [2.75, 3.05) is 24.6 Å². The molecule has 3 atom stereocenters. The number of hydrogen-bond donors (Lipinski definition) is 2. The van der Waals surface area contributed by atoms with Crippen molar-refractivity contribution in [3.8, 4) is 22.9 Å². The van der Waals surface area contributed by atoms with Gasteiger partial charge in [-0.2, -0.15) is 10.4 Å². The summed E-state index contributed by atoms with van der Waals surface area (Å²) in [6.07, 6.45) is 8.37. The Labute approximate surface area is 248 Å². The summed E-state index contributed by atoms with van der Waals surface area (Å²) >= 11 is 6.19. The van der Waals surface area contributed by atoms with Gasteiger partial charge in [0, 0.05) is 42.1 Å². The number of carbonyl (C=O) groups excluding carboxylic acids is 1. The summed E-state index contributed by atoms with van der Waals surface area (Å²) in [6, 6.07) is 11.5. The number of anilines is 1. The minimum absolute atomic E-state index is 0.110. The van der Waals surface area contributed by atoms with E-state index in [1.165, 1.54) is 6.20 Å². The summed E-state index contributed by atoms with van der Waals surface area (Å²) in [5.74, 6) is 2.05. The lowest BCUT2D eigenvalue weighted by Crippen LogP contribution is -2.45. The Bertz CT molecular complexity index is 1680. The van der Waals surface area contributed by atoms with Crippen LogP contribution in [0, 0.1) is 23.2 Å². The summed E-state index contributed by atoms with van der Waals surface area (Å²) < 4.78 is 7.47. The van der Waals surface area contributed by atoms with Gasteiger partial charge in [-0.3, -0.25) is 4.79 Å². The number of pyridine rings is 3. The van der Waals surface area contributed by atoms with E-state index >= 15 is 0 Å². The van der Waals surface area contributed by atoms with E-state index in [1.54, 1.807) is 42.9 Å².